The van der Waals surface area contributed by atoms with Crippen molar-refractivity contribution >= 4 is 16.8 Å². The van der Waals surface area contributed by atoms with Gasteiger partial charge in [-0.15, -0.1) is 0 Å². The van der Waals surface area contributed by atoms with Crippen LogP contribution in [-0.4, -0.2) is 51.1 Å². The van der Waals surface area contributed by atoms with E-state index >= 15 is 0 Å². The quantitative estimate of drug-likeness (QED) is 0.728. The zero-order valence-electron chi connectivity index (χ0n) is 15.4. The second-order valence-electron chi connectivity index (χ2n) is 7.10. The summed E-state index contributed by atoms with van der Waals surface area (Å²) in [6, 6.07) is 11.6. The molecule has 0 fully saturated rings. The second kappa shape index (κ2) is 6.53. The van der Waals surface area contributed by atoms with Gasteiger partial charge in [0.25, 0.3) is 5.91 Å². The number of aryl methyl sites for hydroxylation is 1. The largest absolute Gasteiger partial charge is 0.331 e. The fourth-order valence-corrected chi connectivity index (χ4v) is 3.60. The number of hydrogen-bond donors (Lipinski definition) is 0. The molecular weight excluding hydrogens is 326 g/mol. The van der Waals surface area contributed by atoms with Gasteiger partial charge in [0.15, 0.2) is 0 Å². The fourth-order valence-electron chi connectivity index (χ4n) is 3.60. The highest BCUT2D eigenvalue weighted by Crippen LogP contribution is 2.24. The van der Waals surface area contributed by atoms with Gasteiger partial charge in [-0.05, 0) is 32.6 Å². The van der Waals surface area contributed by atoms with Crippen LogP contribution in [-0.2, 0) is 26.6 Å². The van der Waals surface area contributed by atoms with Gasteiger partial charge in [0, 0.05) is 31.1 Å². The van der Waals surface area contributed by atoms with Gasteiger partial charge < -0.3 is 9.80 Å². The molecule has 6 heteroatoms. The highest BCUT2D eigenvalue weighted by atomic mass is 16.2. The number of rotatable bonds is 3. The van der Waals surface area contributed by atoms with E-state index in [9.17, 15) is 4.79 Å². The zero-order valence-corrected chi connectivity index (χ0v) is 15.4. The number of aromatic nitrogens is 3. The van der Waals surface area contributed by atoms with Crippen molar-refractivity contribution in [3.8, 4) is 0 Å². The van der Waals surface area contributed by atoms with E-state index < -0.39 is 0 Å². The van der Waals surface area contributed by atoms with Crippen LogP contribution in [0.2, 0.25) is 0 Å². The maximum absolute atomic E-state index is 13.0. The van der Waals surface area contributed by atoms with E-state index in [0.29, 0.717) is 18.8 Å². The molecule has 0 unspecified atom stereocenters. The van der Waals surface area contributed by atoms with Crippen molar-refractivity contribution in [2.24, 2.45) is 7.05 Å². The molecule has 3 heterocycles. The van der Waals surface area contributed by atoms with Crippen molar-refractivity contribution in [2.75, 3.05) is 20.6 Å². The van der Waals surface area contributed by atoms with Gasteiger partial charge in [-0.3, -0.25) is 9.48 Å². The summed E-state index contributed by atoms with van der Waals surface area (Å²) in [5.74, 6) is -0.0169. The molecule has 0 N–H and O–H groups in total. The van der Waals surface area contributed by atoms with Gasteiger partial charge in [-0.2, -0.15) is 5.10 Å². The molecule has 0 saturated heterocycles. The van der Waals surface area contributed by atoms with Crippen molar-refractivity contribution in [1.29, 1.82) is 0 Å². The summed E-state index contributed by atoms with van der Waals surface area (Å²) in [5, 5.41) is 5.71. The standard InChI is InChI=1S/C20H23N5O/c1-23(2)12-18-15-10-11-25(13-19(15)24(3)22-18)20(26)17-9-8-14-6-4-5-7-16(14)21-17/h4-9H,10-13H2,1-3H3. The Morgan fingerprint density at radius 3 is 2.81 bits per heavy atom. The topological polar surface area (TPSA) is 54.3 Å². The molecule has 1 aromatic carbocycles. The number of amides is 1. The number of carbonyl (C=O) groups is 1. The number of nitrogens with zero attached hydrogens (tertiary/aromatic N) is 5. The molecule has 0 saturated carbocycles. The Hall–Kier alpha value is -2.73. The second-order valence-corrected chi connectivity index (χ2v) is 7.10. The van der Waals surface area contributed by atoms with Gasteiger partial charge in [0.1, 0.15) is 5.69 Å². The fraction of sp³-hybridized carbons (Fsp3) is 0.350. The SMILES string of the molecule is CN(C)Cc1nn(C)c2c1CCN(C(=O)c1ccc3ccccc3n1)C2. The van der Waals surface area contributed by atoms with Crippen LogP contribution in [0.1, 0.15) is 27.4 Å². The predicted octanol–water partition coefficient (Wildman–Crippen LogP) is 2.23. The summed E-state index contributed by atoms with van der Waals surface area (Å²) in [6.07, 6.45) is 0.839. The van der Waals surface area contributed by atoms with Gasteiger partial charge >= 0.3 is 0 Å². The summed E-state index contributed by atoms with van der Waals surface area (Å²) in [7, 11) is 6.05. The molecule has 0 atom stereocenters. The number of benzene rings is 1. The molecule has 3 aromatic rings. The lowest BCUT2D eigenvalue weighted by atomic mass is 10.0. The first kappa shape index (κ1) is 16.7. The molecule has 1 aliphatic heterocycles. The molecule has 134 valence electrons. The van der Waals surface area contributed by atoms with Crippen molar-refractivity contribution in [3.05, 3.63) is 59.0 Å². The highest BCUT2D eigenvalue weighted by molar-refractivity contribution is 5.95. The van der Waals surface area contributed by atoms with Crippen molar-refractivity contribution < 1.29 is 4.79 Å². The predicted molar refractivity (Wildman–Crippen MR) is 101 cm³/mol. The Morgan fingerprint density at radius 2 is 2.00 bits per heavy atom. The number of pyridine rings is 1. The first-order valence-corrected chi connectivity index (χ1v) is 8.86. The zero-order chi connectivity index (χ0) is 18.3. The van der Waals surface area contributed by atoms with E-state index in [0.717, 1.165) is 35.3 Å². The Labute approximate surface area is 153 Å². The Bertz CT molecular complexity index is 975. The van der Waals surface area contributed by atoms with Crippen LogP contribution in [0.5, 0.6) is 0 Å². The van der Waals surface area contributed by atoms with E-state index in [1.807, 2.05) is 67.1 Å². The Morgan fingerprint density at radius 1 is 1.19 bits per heavy atom. The van der Waals surface area contributed by atoms with Crippen LogP contribution in [0, 0.1) is 0 Å². The number of para-hydroxylation sites is 1. The highest BCUT2D eigenvalue weighted by Gasteiger charge is 2.27. The Kier molecular flexibility index (Phi) is 4.20. The molecular formula is C20H23N5O. The van der Waals surface area contributed by atoms with E-state index in [1.54, 1.807) is 0 Å². The summed E-state index contributed by atoms with van der Waals surface area (Å²) < 4.78 is 1.92. The lowest BCUT2D eigenvalue weighted by molar-refractivity contribution is 0.0724. The van der Waals surface area contributed by atoms with Gasteiger partial charge in [-0.1, -0.05) is 24.3 Å². The smallest absolute Gasteiger partial charge is 0.272 e. The summed E-state index contributed by atoms with van der Waals surface area (Å²) >= 11 is 0. The van der Waals surface area contributed by atoms with E-state index in [4.69, 9.17) is 0 Å². The van der Waals surface area contributed by atoms with Gasteiger partial charge in [0.05, 0.1) is 23.4 Å². The van der Waals surface area contributed by atoms with Gasteiger partial charge in [0.2, 0.25) is 0 Å². The van der Waals surface area contributed by atoms with Crippen molar-refractivity contribution in [1.82, 2.24) is 24.6 Å². The molecule has 6 nitrogen and oxygen atoms in total. The van der Waals surface area contributed by atoms with Crippen LogP contribution in [0.25, 0.3) is 10.9 Å². The monoisotopic (exact) mass is 349 g/mol. The minimum Gasteiger partial charge on any atom is -0.331 e. The third-order valence-electron chi connectivity index (χ3n) is 4.90. The number of carbonyl (C=O) groups excluding carboxylic acids is 1. The van der Waals surface area contributed by atoms with E-state index in [1.165, 1.54) is 5.56 Å². The normalized spacial score (nSPS) is 14.1. The van der Waals surface area contributed by atoms with Crippen LogP contribution in [0.15, 0.2) is 36.4 Å². The molecule has 0 radical (unpaired) electrons. The average Bonchev–Trinajstić information content (AvgIpc) is 2.95. The maximum Gasteiger partial charge on any atom is 0.272 e. The van der Waals surface area contributed by atoms with Gasteiger partial charge in [-0.25, -0.2) is 4.98 Å². The van der Waals surface area contributed by atoms with Crippen LogP contribution >= 0.6 is 0 Å². The average molecular weight is 349 g/mol. The summed E-state index contributed by atoms with van der Waals surface area (Å²) in [4.78, 5) is 21.5. The third-order valence-corrected chi connectivity index (χ3v) is 4.90. The number of fused-ring (bicyclic) bond motifs is 2. The first-order valence-electron chi connectivity index (χ1n) is 8.86. The van der Waals surface area contributed by atoms with E-state index in [2.05, 4.69) is 15.0 Å². The van der Waals surface area contributed by atoms with Crippen molar-refractivity contribution in [3.63, 3.8) is 0 Å². The van der Waals surface area contributed by atoms with Crippen LogP contribution in [0.4, 0.5) is 0 Å². The first-order chi connectivity index (χ1) is 12.5. The number of hydrogen-bond acceptors (Lipinski definition) is 4. The molecule has 0 aliphatic carbocycles. The molecule has 1 amide bonds. The summed E-state index contributed by atoms with van der Waals surface area (Å²) in [5.41, 5.74) is 4.88. The molecule has 2 aromatic heterocycles. The van der Waals surface area contributed by atoms with E-state index in [-0.39, 0.29) is 5.91 Å². The molecule has 0 spiro atoms. The molecule has 0 bridgehead atoms. The lowest BCUT2D eigenvalue weighted by Crippen LogP contribution is -2.37. The minimum absolute atomic E-state index is 0.0169. The van der Waals surface area contributed by atoms with Crippen molar-refractivity contribution in [2.45, 2.75) is 19.5 Å². The van der Waals surface area contributed by atoms with Crippen LogP contribution < -0.4 is 0 Å². The molecule has 26 heavy (non-hydrogen) atoms. The maximum atomic E-state index is 13.0. The molecule has 1 aliphatic rings. The summed E-state index contributed by atoms with van der Waals surface area (Å²) in [6.45, 7) is 2.11. The third kappa shape index (κ3) is 2.97. The Balaban J connectivity index is 1.59. The van der Waals surface area contributed by atoms with Crippen LogP contribution in [0.3, 0.4) is 0 Å². The molecule has 4 rings (SSSR count). The lowest BCUT2D eigenvalue weighted by Gasteiger charge is -2.27. The minimum atomic E-state index is -0.0169.